The number of carbonyl (C=O) groups is 3. The number of hydrogen-bond donors (Lipinski definition) is 3. The van der Waals surface area contributed by atoms with Gasteiger partial charge in [-0.05, 0) is 62.3 Å². The fraction of sp³-hybridized carbons (Fsp3) is 0.486. The Labute approximate surface area is 293 Å². The van der Waals surface area contributed by atoms with Crippen LogP contribution in [-0.4, -0.2) is 89.4 Å². The van der Waals surface area contributed by atoms with Crippen molar-refractivity contribution in [3.05, 3.63) is 65.9 Å². The maximum atomic E-state index is 13.6. The number of aliphatic hydroxyl groups excluding tert-OH is 1. The molecule has 0 spiro atoms. The van der Waals surface area contributed by atoms with Crippen LogP contribution < -0.4 is 25.2 Å². The molecular formula is C37H47N7O6. The van der Waals surface area contributed by atoms with Crippen LogP contribution in [0.3, 0.4) is 0 Å². The maximum Gasteiger partial charge on any atom is 0.410 e. The van der Waals surface area contributed by atoms with E-state index in [0.717, 1.165) is 37.1 Å². The molecule has 3 heterocycles. The smallest absolute Gasteiger partial charge is 0.410 e. The van der Waals surface area contributed by atoms with Gasteiger partial charge in [0.1, 0.15) is 24.1 Å². The number of carbonyl (C=O) groups excluding carboxylic acids is 3. The van der Waals surface area contributed by atoms with E-state index in [2.05, 4.69) is 20.5 Å². The average molecular weight is 686 g/mol. The maximum absolute atomic E-state index is 13.6. The van der Waals surface area contributed by atoms with E-state index < -0.39 is 11.6 Å². The zero-order chi connectivity index (χ0) is 35.3. The number of amides is 3. The number of aliphatic hydroxyl groups is 1. The van der Waals surface area contributed by atoms with Gasteiger partial charge < -0.3 is 39.9 Å². The summed E-state index contributed by atoms with van der Waals surface area (Å²) in [6.07, 6.45) is 7.59. The van der Waals surface area contributed by atoms with Gasteiger partial charge in [-0.25, -0.2) is 9.78 Å². The summed E-state index contributed by atoms with van der Waals surface area (Å²) in [5, 5.41) is 16.3. The van der Waals surface area contributed by atoms with E-state index in [-0.39, 0.29) is 37.1 Å². The van der Waals surface area contributed by atoms with Gasteiger partial charge in [0.15, 0.2) is 5.82 Å². The van der Waals surface area contributed by atoms with Crippen LogP contribution >= 0.6 is 0 Å². The number of ether oxygens (including phenoxy) is 2. The molecule has 1 aromatic heterocycles. The molecule has 1 saturated heterocycles. The highest BCUT2D eigenvalue weighted by atomic mass is 16.6. The lowest BCUT2D eigenvalue weighted by Gasteiger charge is -2.43. The molecule has 3 aliphatic rings. The van der Waals surface area contributed by atoms with Gasteiger partial charge in [0.05, 0.1) is 19.0 Å². The number of aromatic nitrogens is 2. The van der Waals surface area contributed by atoms with E-state index in [4.69, 9.17) is 14.5 Å². The summed E-state index contributed by atoms with van der Waals surface area (Å²) in [6.45, 7) is 2.90. The van der Waals surface area contributed by atoms with E-state index in [0.29, 0.717) is 67.4 Å². The summed E-state index contributed by atoms with van der Waals surface area (Å²) in [6, 6.07) is 14.6. The predicted molar refractivity (Wildman–Crippen MR) is 190 cm³/mol. The molecule has 1 atom stereocenters. The second-order valence-electron chi connectivity index (χ2n) is 13.3. The molecule has 3 aromatic rings. The molecule has 3 amide bonds. The van der Waals surface area contributed by atoms with Gasteiger partial charge in [-0.15, -0.1) is 0 Å². The van der Waals surface area contributed by atoms with E-state index in [1.165, 1.54) is 7.11 Å². The molecule has 2 fully saturated rings. The van der Waals surface area contributed by atoms with Gasteiger partial charge in [-0.3, -0.25) is 9.59 Å². The van der Waals surface area contributed by atoms with Gasteiger partial charge in [0.2, 0.25) is 11.9 Å². The van der Waals surface area contributed by atoms with Crippen molar-refractivity contribution >= 4 is 41.0 Å². The lowest BCUT2D eigenvalue weighted by molar-refractivity contribution is -0.120. The first-order chi connectivity index (χ1) is 24.3. The highest BCUT2D eigenvalue weighted by molar-refractivity contribution is 6.04. The van der Waals surface area contributed by atoms with Crippen molar-refractivity contribution < 1.29 is 29.0 Å². The highest BCUT2D eigenvalue weighted by Gasteiger charge is 2.41. The molecule has 2 aliphatic heterocycles. The number of piperidine rings is 1. The van der Waals surface area contributed by atoms with Gasteiger partial charge >= 0.3 is 6.09 Å². The number of hydrogen-bond acceptors (Lipinski definition) is 10. The molecular weight excluding hydrogens is 638 g/mol. The van der Waals surface area contributed by atoms with Crippen LogP contribution in [0.2, 0.25) is 0 Å². The van der Waals surface area contributed by atoms with Crippen molar-refractivity contribution in [3.8, 4) is 5.75 Å². The zero-order valence-corrected chi connectivity index (χ0v) is 29.1. The normalized spacial score (nSPS) is 18.8. The van der Waals surface area contributed by atoms with Crippen LogP contribution in [0.25, 0.3) is 0 Å². The van der Waals surface area contributed by atoms with Crippen molar-refractivity contribution in [2.24, 2.45) is 0 Å². The third kappa shape index (κ3) is 7.32. The number of benzene rings is 2. The molecule has 0 unspecified atom stereocenters. The van der Waals surface area contributed by atoms with Crippen molar-refractivity contribution in [1.82, 2.24) is 20.2 Å². The van der Waals surface area contributed by atoms with Crippen LogP contribution in [0.1, 0.15) is 74.2 Å². The molecule has 6 rings (SSSR count). The van der Waals surface area contributed by atoms with Gasteiger partial charge in [0, 0.05) is 43.9 Å². The van der Waals surface area contributed by atoms with Gasteiger partial charge in [-0.1, -0.05) is 50.1 Å². The van der Waals surface area contributed by atoms with E-state index >= 15 is 0 Å². The lowest BCUT2D eigenvalue weighted by atomic mass is 9.84. The van der Waals surface area contributed by atoms with Crippen molar-refractivity contribution in [3.63, 3.8) is 0 Å². The largest absolute Gasteiger partial charge is 0.495 e. The lowest BCUT2D eigenvalue weighted by Crippen LogP contribution is -2.56. The van der Waals surface area contributed by atoms with Crippen molar-refractivity contribution in [2.45, 2.75) is 82.5 Å². The first-order valence-electron chi connectivity index (χ1n) is 17.5. The predicted octanol–water partition coefficient (Wildman–Crippen LogP) is 5.02. The summed E-state index contributed by atoms with van der Waals surface area (Å²) in [4.78, 5) is 54.5. The molecule has 1 saturated carbocycles. The number of methoxy groups -OCH3 is 1. The zero-order valence-electron chi connectivity index (χ0n) is 29.1. The minimum Gasteiger partial charge on any atom is -0.495 e. The molecule has 3 N–H and O–H groups in total. The van der Waals surface area contributed by atoms with E-state index in [1.54, 1.807) is 41.2 Å². The Morgan fingerprint density at radius 3 is 2.50 bits per heavy atom. The minimum absolute atomic E-state index is 0.0550. The van der Waals surface area contributed by atoms with Crippen LogP contribution in [0.5, 0.6) is 5.75 Å². The number of anilines is 4. The highest BCUT2D eigenvalue weighted by Crippen LogP contribution is 2.40. The summed E-state index contributed by atoms with van der Waals surface area (Å²) >= 11 is 0. The standard InChI is InChI=1S/C37H47N7O6/c1-4-29-34(47)42(2)30-23-38-35(40-32(30)44(29)27-12-8-9-13-27)39-28-15-14-26(22-31(28)49-3)33(46)41-37(18-21-45)16-19-43(20-17-37)36(48)50-24-25-10-6-5-7-11-25/h5-7,10-11,14-15,22-23,27,29,45H,4,8-9,12-13,16-21,24H2,1-3H3,(H,41,46)(H,38,39,40)/t29-/m1/s1. The number of nitrogens with one attached hydrogen (secondary N) is 2. The molecule has 13 nitrogen and oxygen atoms in total. The van der Waals surface area contributed by atoms with Crippen LogP contribution in [0.15, 0.2) is 54.7 Å². The third-order valence-corrected chi connectivity index (χ3v) is 10.3. The second kappa shape index (κ2) is 15.3. The molecule has 2 aromatic carbocycles. The fourth-order valence-electron chi connectivity index (χ4n) is 7.39. The van der Waals surface area contributed by atoms with Crippen LogP contribution in [0, 0.1) is 0 Å². The quantitative estimate of drug-likeness (QED) is 0.251. The number of nitrogens with zero attached hydrogens (tertiary/aromatic N) is 5. The molecule has 266 valence electrons. The molecule has 13 heteroatoms. The minimum atomic E-state index is -0.681. The number of likely N-dealkylation sites (tertiary alicyclic amines) is 1. The molecule has 0 radical (unpaired) electrons. The topological polar surface area (TPSA) is 149 Å². The Morgan fingerprint density at radius 1 is 1.08 bits per heavy atom. The summed E-state index contributed by atoms with van der Waals surface area (Å²) in [7, 11) is 3.30. The molecule has 1 aliphatic carbocycles. The average Bonchev–Trinajstić information content (AvgIpc) is 3.67. The fourth-order valence-corrected chi connectivity index (χ4v) is 7.39. The second-order valence-corrected chi connectivity index (χ2v) is 13.3. The Morgan fingerprint density at radius 2 is 1.82 bits per heavy atom. The van der Waals surface area contributed by atoms with Crippen LogP contribution in [-0.2, 0) is 16.1 Å². The van der Waals surface area contributed by atoms with Crippen molar-refractivity contribution in [1.29, 1.82) is 0 Å². The third-order valence-electron chi connectivity index (χ3n) is 10.3. The Bertz CT molecular complexity index is 1670. The molecule has 0 bridgehead atoms. The number of rotatable bonds is 11. The van der Waals surface area contributed by atoms with E-state index in [9.17, 15) is 19.5 Å². The van der Waals surface area contributed by atoms with Gasteiger partial charge in [0.25, 0.3) is 5.91 Å². The number of likely N-dealkylation sites (N-methyl/N-ethyl adjacent to an activating group) is 1. The first kappa shape index (κ1) is 34.9. The first-order valence-corrected chi connectivity index (χ1v) is 17.5. The van der Waals surface area contributed by atoms with Crippen LogP contribution in [0.4, 0.5) is 27.9 Å². The summed E-state index contributed by atoms with van der Waals surface area (Å²) < 4.78 is 11.2. The summed E-state index contributed by atoms with van der Waals surface area (Å²) in [5.41, 5.74) is 1.88. The van der Waals surface area contributed by atoms with E-state index in [1.807, 2.05) is 37.3 Å². The SMILES string of the molecule is CC[C@@H]1C(=O)N(C)c2cnc(Nc3ccc(C(=O)NC4(CCO)CCN(C(=O)OCc5ccccc5)CC4)cc3OC)nc2N1C1CCCC1. The summed E-state index contributed by atoms with van der Waals surface area (Å²) in [5.74, 6) is 1.27. The van der Waals surface area contributed by atoms with Crippen molar-refractivity contribution in [2.75, 3.05) is 49.0 Å². The molecule has 50 heavy (non-hydrogen) atoms. The Balaban J connectivity index is 1.13. The Kier molecular flexibility index (Phi) is 10.7. The van der Waals surface area contributed by atoms with Gasteiger partial charge in [-0.2, -0.15) is 4.98 Å². The Hall–Kier alpha value is -4.91. The number of fused-ring (bicyclic) bond motifs is 1. The monoisotopic (exact) mass is 685 g/mol.